The first-order chi connectivity index (χ1) is 9.15. The summed E-state index contributed by atoms with van der Waals surface area (Å²) < 4.78 is 13.7. The summed E-state index contributed by atoms with van der Waals surface area (Å²) >= 11 is 0. The van der Waals surface area contributed by atoms with E-state index in [-0.39, 0.29) is 17.5 Å². The summed E-state index contributed by atoms with van der Waals surface area (Å²) in [7, 11) is 1.80. The van der Waals surface area contributed by atoms with Crippen molar-refractivity contribution < 1.29 is 9.18 Å². The molecule has 2 unspecified atom stereocenters. The maximum absolute atomic E-state index is 13.7. The number of carbonyl (C=O) groups excluding carboxylic acids is 1. The fourth-order valence-corrected chi connectivity index (χ4v) is 3.33. The van der Waals surface area contributed by atoms with Gasteiger partial charge in [0.2, 0.25) is 0 Å². The molecule has 0 saturated carbocycles. The van der Waals surface area contributed by atoms with Crippen molar-refractivity contribution in [2.45, 2.75) is 43.8 Å². The Morgan fingerprint density at radius 2 is 1.89 bits per heavy atom. The second-order valence-corrected chi connectivity index (χ2v) is 5.66. The standard InChI is InChI=1S/C15H19FN2O/c1-18(12-8-10-6-7-11(9-12)17-10)15(19)13-4-2-3-5-14(13)16/h2-5,10-12,17H,6-9H2,1H3. The lowest BCUT2D eigenvalue weighted by Crippen LogP contribution is -2.48. The Balaban J connectivity index is 1.75. The van der Waals surface area contributed by atoms with Crippen LogP contribution in [0.3, 0.4) is 0 Å². The number of piperidine rings is 1. The number of fused-ring (bicyclic) bond motifs is 2. The molecular weight excluding hydrogens is 243 g/mol. The molecule has 102 valence electrons. The quantitative estimate of drug-likeness (QED) is 0.886. The van der Waals surface area contributed by atoms with E-state index in [4.69, 9.17) is 0 Å². The van der Waals surface area contributed by atoms with E-state index >= 15 is 0 Å². The average Bonchev–Trinajstić information content (AvgIpc) is 2.76. The Labute approximate surface area is 112 Å². The van der Waals surface area contributed by atoms with Crippen LogP contribution in [0.1, 0.15) is 36.0 Å². The molecule has 2 aliphatic rings. The molecule has 0 aliphatic carbocycles. The molecule has 2 bridgehead atoms. The van der Waals surface area contributed by atoms with Crippen LogP contribution in [0.25, 0.3) is 0 Å². The first-order valence-electron chi connectivity index (χ1n) is 6.93. The van der Waals surface area contributed by atoms with Crippen molar-refractivity contribution in [2.24, 2.45) is 0 Å². The van der Waals surface area contributed by atoms with Crippen LogP contribution in [0.15, 0.2) is 24.3 Å². The van der Waals surface area contributed by atoms with Crippen molar-refractivity contribution in [1.82, 2.24) is 10.2 Å². The van der Waals surface area contributed by atoms with Gasteiger partial charge in [0.05, 0.1) is 5.56 Å². The highest BCUT2D eigenvalue weighted by atomic mass is 19.1. The highest BCUT2D eigenvalue weighted by Gasteiger charge is 2.36. The molecule has 1 N–H and O–H groups in total. The van der Waals surface area contributed by atoms with Crippen LogP contribution in [-0.4, -0.2) is 36.0 Å². The van der Waals surface area contributed by atoms with Crippen molar-refractivity contribution in [3.63, 3.8) is 0 Å². The van der Waals surface area contributed by atoms with Gasteiger partial charge in [-0.2, -0.15) is 0 Å². The van der Waals surface area contributed by atoms with Gasteiger partial charge in [-0.15, -0.1) is 0 Å². The predicted molar refractivity (Wildman–Crippen MR) is 71.5 cm³/mol. The van der Waals surface area contributed by atoms with E-state index in [1.807, 2.05) is 0 Å². The summed E-state index contributed by atoms with van der Waals surface area (Å²) in [6, 6.07) is 7.49. The number of halogens is 1. The summed E-state index contributed by atoms with van der Waals surface area (Å²) in [5, 5.41) is 3.55. The van der Waals surface area contributed by atoms with Gasteiger partial charge in [0.1, 0.15) is 5.82 Å². The molecule has 0 spiro atoms. The van der Waals surface area contributed by atoms with E-state index in [0.29, 0.717) is 12.1 Å². The topological polar surface area (TPSA) is 32.3 Å². The first kappa shape index (κ1) is 12.6. The number of nitrogens with one attached hydrogen (secondary N) is 1. The number of rotatable bonds is 2. The molecule has 0 aromatic heterocycles. The SMILES string of the molecule is CN(C(=O)c1ccccc1F)C1CC2CCC(C1)N2. The Bertz CT molecular complexity index is 479. The van der Waals surface area contributed by atoms with Gasteiger partial charge in [-0.3, -0.25) is 4.79 Å². The highest BCUT2D eigenvalue weighted by Crippen LogP contribution is 2.29. The van der Waals surface area contributed by atoms with E-state index < -0.39 is 5.82 Å². The van der Waals surface area contributed by atoms with Crippen molar-refractivity contribution in [3.05, 3.63) is 35.6 Å². The lowest BCUT2D eigenvalue weighted by Gasteiger charge is -2.35. The Hall–Kier alpha value is -1.42. The summed E-state index contributed by atoms with van der Waals surface area (Å²) in [6.07, 6.45) is 4.35. The monoisotopic (exact) mass is 262 g/mol. The van der Waals surface area contributed by atoms with Gasteiger partial charge >= 0.3 is 0 Å². The Morgan fingerprint density at radius 1 is 1.26 bits per heavy atom. The molecule has 2 atom stereocenters. The molecule has 2 fully saturated rings. The number of amides is 1. The normalized spacial score (nSPS) is 29.3. The van der Waals surface area contributed by atoms with Gasteiger partial charge in [-0.05, 0) is 37.8 Å². The fourth-order valence-electron chi connectivity index (χ4n) is 3.33. The third-order valence-electron chi connectivity index (χ3n) is 4.42. The zero-order valence-electron chi connectivity index (χ0n) is 11.1. The van der Waals surface area contributed by atoms with Gasteiger partial charge in [-0.25, -0.2) is 4.39 Å². The maximum atomic E-state index is 13.7. The van der Waals surface area contributed by atoms with Crippen molar-refractivity contribution >= 4 is 5.91 Å². The van der Waals surface area contributed by atoms with Gasteiger partial charge in [-0.1, -0.05) is 12.1 Å². The Kier molecular flexibility index (Phi) is 3.27. The predicted octanol–water partition coefficient (Wildman–Crippen LogP) is 2.18. The molecule has 2 aliphatic heterocycles. The number of hydrogen-bond acceptors (Lipinski definition) is 2. The van der Waals surface area contributed by atoms with Gasteiger partial charge in [0.15, 0.2) is 0 Å². The third kappa shape index (κ3) is 2.37. The summed E-state index contributed by atoms with van der Waals surface area (Å²) in [4.78, 5) is 14.1. The lowest BCUT2D eigenvalue weighted by molar-refractivity contribution is 0.0677. The molecule has 1 aromatic rings. The lowest BCUT2D eigenvalue weighted by atomic mass is 9.98. The van der Waals surface area contributed by atoms with Crippen molar-refractivity contribution in [2.75, 3.05) is 7.05 Å². The first-order valence-corrected chi connectivity index (χ1v) is 6.93. The summed E-state index contributed by atoms with van der Waals surface area (Å²) in [5.74, 6) is -0.638. The van der Waals surface area contributed by atoms with E-state index in [1.54, 1.807) is 30.1 Å². The number of hydrogen-bond donors (Lipinski definition) is 1. The third-order valence-corrected chi connectivity index (χ3v) is 4.42. The van der Waals surface area contributed by atoms with Crippen LogP contribution in [0.2, 0.25) is 0 Å². The highest BCUT2D eigenvalue weighted by molar-refractivity contribution is 5.94. The fraction of sp³-hybridized carbons (Fsp3) is 0.533. The van der Waals surface area contributed by atoms with Gasteiger partial charge < -0.3 is 10.2 Å². The largest absolute Gasteiger partial charge is 0.339 e. The minimum absolute atomic E-state index is 0.177. The molecule has 2 saturated heterocycles. The van der Waals surface area contributed by atoms with E-state index in [1.165, 1.54) is 18.9 Å². The molecule has 2 heterocycles. The van der Waals surface area contributed by atoms with E-state index in [0.717, 1.165) is 12.8 Å². The van der Waals surface area contributed by atoms with Crippen LogP contribution >= 0.6 is 0 Å². The average molecular weight is 262 g/mol. The van der Waals surface area contributed by atoms with Gasteiger partial charge in [0, 0.05) is 25.2 Å². The number of benzene rings is 1. The summed E-state index contributed by atoms with van der Waals surface area (Å²) in [5.41, 5.74) is 0.177. The zero-order chi connectivity index (χ0) is 13.4. The number of nitrogens with zero attached hydrogens (tertiary/aromatic N) is 1. The van der Waals surface area contributed by atoms with Crippen molar-refractivity contribution in [1.29, 1.82) is 0 Å². The zero-order valence-corrected chi connectivity index (χ0v) is 11.1. The van der Waals surface area contributed by atoms with Gasteiger partial charge in [0.25, 0.3) is 5.91 Å². The molecule has 19 heavy (non-hydrogen) atoms. The molecule has 1 amide bonds. The minimum atomic E-state index is -0.434. The van der Waals surface area contributed by atoms with E-state index in [9.17, 15) is 9.18 Å². The van der Waals surface area contributed by atoms with Crippen molar-refractivity contribution in [3.8, 4) is 0 Å². The molecule has 1 aromatic carbocycles. The van der Waals surface area contributed by atoms with E-state index in [2.05, 4.69) is 5.32 Å². The molecule has 0 radical (unpaired) electrons. The molecular formula is C15H19FN2O. The van der Waals surface area contributed by atoms with Crippen LogP contribution in [0, 0.1) is 5.82 Å². The smallest absolute Gasteiger partial charge is 0.256 e. The minimum Gasteiger partial charge on any atom is -0.339 e. The molecule has 3 rings (SSSR count). The Morgan fingerprint density at radius 3 is 2.53 bits per heavy atom. The molecule has 4 heteroatoms. The summed E-state index contributed by atoms with van der Waals surface area (Å²) in [6.45, 7) is 0. The second kappa shape index (κ2) is 4.93. The molecule has 3 nitrogen and oxygen atoms in total. The second-order valence-electron chi connectivity index (χ2n) is 5.66. The van der Waals surface area contributed by atoms with Crippen LogP contribution in [0.5, 0.6) is 0 Å². The number of carbonyl (C=O) groups is 1. The van der Waals surface area contributed by atoms with Crippen LogP contribution in [0.4, 0.5) is 4.39 Å². The maximum Gasteiger partial charge on any atom is 0.256 e. The van der Waals surface area contributed by atoms with Crippen LogP contribution in [-0.2, 0) is 0 Å². The van der Waals surface area contributed by atoms with Crippen LogP contribution < -0.4 is 5.32 Å².